The van der Waals surface area contributed by atoms with Crippen molar-refractivity contribution in [3.05, 3.63) is 0 Å². The highest BCUT2D eigenvalue weighted by Crippen LogP contribution is 2.27. The van der Waals surface area contributed by atoms with Gasteiger partial charge in [-0.2, -0.15) is 0 Å². The van der Waals surface area contributed by atoms with Crippen LogP contribution in [0.4, 0.5) is 0 Å². The van der Waals surface area contributed by atoms with Crippen molar-refractivity contribution >= 4 is 0 Å². The van der Waals surface area contributed by atoms with Crippen molar-refractivity contribution < 1.29 is 4.74 Å². The summed E-state index contributed by atoms with van der Waals surface area (Å²) in [5, 5.41) is 3.74. The van der Waals surface area contributed by atoms with Gasteiger partial charge in [-0.15, -0.1) is 0 Å². The van der Waals surface area contributed by atoms with Gasteiger partial charge in [0.25, 0.3) is 0 Å². The van der Waals surface area contributed by atoms with E-state index < -0.39 is 0 Å². The van der Waals surface area contributed by atoms with Gasteiger partial charge in [-0.25, -0.2) is 0 Å². The Morgan fingerprint density at radius 2 is 1.80 bits per heavy atom. The Morgan fingerprint density at radius 1 is 1.13 bits per heavy atom. The SMILES string of the molecule is CC(NCC1CCOCC1)C1CCCC1. The van der Waals surface area contributed by atoms with E-state index in [1.54, 1.807) is 0 Å². The van der Waals surface area contributed by atoms with Crippen LogP contribution in [0.5, 0.6) is 0 Å². The molecule has 0 amide bonds. The third-order valence-corrected chi connectivity index (χ3v) is 4.18. The van der Waals surface area contributed by atoms with Gasteiger partial charge in [0, 0.05) is 19.3 Å². The third-order valence-electron chi connectivity index (χ3n) is 4.18. The first kappa shape index (κ1) is 11.4. The van der Waals surface area contributed by atoms with Gasteiger partial charge in [-0.3, -0.25) is 0 Å². The fourth-order valence-electron chi connectivity index (χ4n) is 2.93. The Hall–Kier alpha value is -0.0800. The zero-order valence-corrected chi connectivity index (χ0v) is 10.0. The topological polar surface area (TPSA) is 21.3 Å². The van der Waals surface area contributed by atoms with Crippen LogP contribution < -0.4 is 5.32 Å². The molecule has 1 aliphatic carbocycles. The number of rotatable bonds is 4. The lowest BCUT2D eigenvalue weighted by Gasteiger charge is -2.26. The second kappa shape index (κ2) is 5.86. The number of hydrogen-bond acceptors (Lipinski definition) is 2. The standard InChI is InChI=1S/C13H25NO/c1-11(13-4-2-3-5-13)14-10-12-6-8-15-9-7-12/h11-14H,2-10H2,1H3. The maximum atomic E-state index is 5.38. The minimum atomic E-state index is 0.732. The van der Waals surface area contributed by atoms with E-state index in [9.17, 15) is 0 Å². The Balaban J connectivity index is 1.63. The van der Waals surface area contributed by atoms with Crippen LogP contribution in [0.15, 0.2) is 0 Å². The number of hydrogen-bond donors (Lipinski definition) is 1. The van der Waals surface area contributed by atoms with Crippen LogP contribution in [-0.4, -0.2) is 25.8 Å². The molecule has 0 spiro atoms. The molecule has 0 aromatic heterocycles. The van der Waals surface area contributed by atoms with Crippen molar-refractivity contribution in [1.82, 2.24) is 5.32 Å². The zero-order chi connectivity index (χ0) is 10.5. The van der Waals surface area contributed by atoms with E-state index in [-0.39, 0.29) is 0 Å². The molecule has 1 heterocycles. The van der Waals surface area contributed by atoms with Crippen LogP contribution in [0.25, 0.3) is 0 Å². The Kier molecular flexibility index (Phi) is 4.45. The monoisotopic (exact) mass is 211 g/mol. The van der Waals surface area contributed by atoms with Crippen LogP contribution >= 0.6 is 0 Å². The van der Waals surface area contributed by atoms with Crippen molar-refractivity contribution in [3.8, 4) is 0 Å². The predicted octanol–water partition coefficient (Wildman–Crippen LogP) is 2.58. The summed E-state index contributed by atoms with van der Waals surface area (Å²) in [4.78, 5) is 0. The van der Waals surface area contributed by atoms with E-state index in [2.05, 4.69) is 12.2 Å². The summed E-state index contributed by atoms with van der Waals surface area (Å²) >= 11 is 0. The summed E-state index contributed by atoms with van der Waals surface area (Å²) in [6.07, 6.45) is 8.31. The smallest absolute Gasteiger partial charge is 0.0469 e. The predicted molar refractivity (Wildman–Crippen MR) is 63.0 cm³/mol. The summed E-state index contributed by atoms with van der Waals surface area (Å²) in [5.74, 6) is 1.81. The second-order valence-electron chi connectivity index (χ2n) is 5.30. The van der Waals surface area contributed by atoms with E-state index in [4.69, 9.17) is 4.74 Å². The molecule has 2 aliphatic rings. The molecule has 0 bridgehead atoms. The van der Waals surface area contributed by atoms with Gasteiger partial charge in [0.05, 0.1) is 0 Å². The molecule has 2 heteroatoms. The van der Waals surface area contributed by atoms with Crippen molar-refractivity contribution in [2.45, 2.75) is 51.5 Å². The number of nitrogens with one attached hydrogen (secondary N) is 1. The van der Waals surface area contributed by atoms with Crippen LogP contribution in [0.1, 0.15) is 45.4 Å². The zero-order valence-electron chi connectivity index (χ0n) is 10.0. The van der Waals surface area contributed by atoms with E-state index in [1.807, 2.05) is 0 Å². The van der Waals surface area contributed by atoms with Gasteiger partial charge in [0.2, 0.25) is 0 Å². The normalized spacial score (nSPS) is 27.0. The summed E-state index contributed by atoms with van der Waals surface area (Å²) in [7, 11) is 0. The van der Waals surface area contributed by atoms with Gasteiger partial charge in [0.1, 0.15) is 0 Å². The van der Waals surface area contributed by atoms with Gasteiger partial charge >= 0.3 is 0 Å². The molecule has 1 aliphatic heterocycles. The molecule has 0 radical (unpaired) electrons. The minimum Gasteiger partial charge on any atom is -0.381 e. The van der Waals surface area contributed by atoms with Crippen molar-refractivity contribution in [3.63, 3.8) is 0 Å². The van der Waals surface area contributed by atoms with E-state index >= 15 is 0 Å². The van der Waals surface area contributed by atoms with Crippen LogP contribution in [-0.2, 0) is 4.74 Å². The molecular weight excluding hydrogens is 186 g/mol. The first-order chi connectivity index (χ1) is 7.36. The molecule has 1 saturated heterocycles. The summed E-state index contributed by atoms with van der Waals surface area (Å²) in [5.41, 5.74) is 0. The fraction of sp³-hybridized carbons (Fsp3) is 1.00. The molecule has 1 atom stereocenters. The van der Waals surface area contributed by atoms with Gasteiger partial charge < -0.3 is 10.1 Å². The lowest BCUT2D eigenvalue weighted by molar-refractivity contribution is 0.0649. The highest BCUT2D eigenvalue weighted by molar-refractivity contribution is 4.78. The van der Waals surface area contributed by atoms with Gasteiger partial charge in [-0.1, -0.05) is 12.8 Å². The van der Waals surface area contributed by atoms with Crippen LogP contribution in [0, 0.1) is 11.8 Å². The summed E-state index contributed by atoms with van der Waals surface area (Å²) < 4.78 is 5.38. The molecule has 2 rings (SSSR count). The average molecular weight is 211 g/mol. The van der Waals surface area contributed by atoms with Gasteiger partial charge in [0.15, 0.2) is 0 Å². The minimum absolute atomic E-state index is 0.732. The quantitative estimate of drug-likeness (QED) is 0.771. The largest absolute Gasteiger partial charge is 0.381 e. The molecule has 1 N–H and O–H groups in total. The second-order valence-corrected chi connectivity index (χ2v) is 5.30. The maximum absolute atomic E-state index is 5.38. The van der Waals surface area contributed by atoms with Crippen LogP contribution in [0.3, 0.4) is 0 Å². The highest BCUT2D eigenvalue weighted by Gasteiger charge is 2.22. The van der Waals surface area contributed by atoms with E-state index in [1.165, 1.54) is 45.1 Å². The van der Waals surface area contributed by atoms with E-state index in [0.29, 0.717) is 0 Å². The van der Waals surface area contributed by atoms with Crippen molar-refractivity contribution in [2.75, 3.05) is 19.8 Å². The maximum Gasteiger partial charge on any atom is 0.0469 e. The molecule has 1 unspecified atom stereocenters. The van der Waals surface area contributed by atoms with Gasteiger partial charge in [-0.05, 0) is 51.0 Å². The Labute approximate surface area is 93.8 Å². The number of ether oxygens (including phenoxy) is 1. The third kappa shape index (κ3) is 3.46. The summed E-state index contributed by atoms with van der Waals surface area (Å²) in [6, 6.07) is 0.732. The summed E-state index contributed by atoms with van der Waals surface area (Å²) in [6.45, 7) is 5.53. The lowest BCUT2D eigenvalue weighted by Crippen LogP contribution is -2.37. The Bertz CT molecular complexity index is 171. The van der Waals surface area contributed by atoms with E-state index in [0.717, 1.165) is 31.1 Å². The first-order valence-electron chi connectivity index (χ1n) is 6.67. The van der Waals surface area contributed by atoms with Crippen molar-refractivity contribution in [2.24, 2.45) is 11.8 Å². The molecule has 2 nitrogen and oxygen atoms in total. The molecule has 88 valence electrons. The first-order valence-corrected chi connectivity index (χ1v) is 6.67. The molecule has 15 heavy (non-hydrogen) atoms. The molecule has 2 fully saturated rings. The molecule has 0 aromatic carbocycles. The highest BCUT2D eigenvalue weighted by atomic mass is 16.5. The fourth-order valence-corrected chi connectivity index (χ4v) is 2.93. The van der Waals surface area contributed by atoms with Crippen LogP contribution in [0.2, 0.25) is 0 Å². The molecule has 0 aromatic rings. The molecular formula is C13H25NO. The lowest BCUT2D eigenvalue weighted by atomic mass is 9.96. The average Bonchev–Trinajstić information content (AvgIpc) is 2.81. The van der Waals surface area contributed by atoms with Crippen molar-refractivity contribution in [1.29, 1.82) is 0 Å². The molecule has 1 saturated carbocycles. The Morgan fingerprint density at radius 3 is 2.47 bits per heavy atom.